The molecule has 2 aromatic carbocycles. The summed E-state index contributed by atoms with van der Waals surface area (Å²) in [5, 5.41) is 6.78. The minimum atomic E-state index is -0.480. The lowest BCUT2D eigenvalue weighted by molar-refractivity contribution is -0.116. The molecule has 2 heterocycles. The Morgan fingerprint density at radius 2 is 1.97 bits per heavy atom. The largest absolute Gasteiger partial charge is 0.456 e. The topological polar surface area (TPSA) is 85.3 Å². The highest BCUT2D eigenvalue weighted by atomic mass is 35.5. The third-order valence-electron chi connectivity index (χ3n) is 4.28. The monoisotopic (exact) mass is 412 g/mol. The van der Waals surface area contributed by atoms with Crippen LogP contribution in [-0.2, 0) is 11.2 Å². The van der Waals surface area contributed by atoms with E-state index in [0.29, 0.717) is 23.5 Å². The van der Waals surface area contributed by atoms with Crippen molar-refractivity contribution in [2.45, 2.75) is 12.8 Å². The number of hydrogen-bond acceptors (Lipinski definition) is 5. The van der Waals surface area contributed by atoms with Crippen LogP contribution in [-0.4, -0.2) is 11.1 Å². The Kier molecular flexibility index (Phi) is 5.14. The van der Waals surface area contributed by atoms with Crippen LogP contribution in [0.25, 0.3) is 22.3 Å². The number of carbonyl (C=O) groups excluding carboxylic acids is 1. The number of nitrogens with zero attached hydrogens (tertiary/aromatic N) is 1. The molecule has 0 unspecified atom stereocenters. The summed E-state index contributed by atoms with van der Waals surface area (Å²) in [5.41, 5.74) is 0.613. The van der Waals surface area contributed by atoms with Gasteiger partial charge in [-0.3, -0.25) is 9.59 Å². The average molecular weight is 413 g/mol. The predicted molar refractivity (Wildman–Crippen MR) is 106 cm³/mol. The predicted octanol–water partition coefficient (Wildman–Crippen LogP) is 4.81. The lowest BCUT2D eigenvalue weighted by Gasteiger charge is -2.07. The molecule has 4 aromatic rings. The molecule has 0 aliphatic carbocycles. The third-order valence-corrected chi connectivity index (χ3v) is 4.46. The molecule has 0 fully saturated rings. The van der Waals surface area contributed by atoms with Crippen molar-refractivity contribution in [2.75, 3.05) is 5.32 Å². The lowest BCUT2D eigenvalue weighted by Crippen LogP contribution is -2.12. The van der Waals surface area contributed by atoms with Gasteiger partial charge in [0, 0.05) is 30.7 Å². The van der Waals surface area contributed by atoms with Crippen LogP contribution in [0.1, 0.15) is 12.2 Å². The molecule has 0 radical (unpaired) electrons. The molecule has 2 aromatic heterocycles. The van der Waals surface area contributed by atoms with Gasteiger partial charge in [0.1, 0.15) is 22.9 Å². The number of rotatable bonds is 5. The van der Waals surface area contributed by atoms with Crippen molar-refractivity contribution < 1.29 is 18.1 Å². The van der Waals surface area contributed by atoms with E-state index in [1.807, 2.05) is 0 Å². The van der Waals surface area contributed by atoms with E-state index in [0.717, 1.165) is 0 Å². The van der Waals surface area contributed by atoms with Gasteiger partial charge in [0.25, 0.3) is 0 Å². The molecule has 0 spiro atoms. The molecule has 1 amide bonds. The highest BCUT2D eigenvalue weighted by Gasteiger charge is 2.12. The number of hydrogen-bond donors (Lipinski definition) is 1. The van der Waals surface area contributed by atoms with E-state index in [-0.39, 0.29) is 39.6 Å². The molecule has 4 rings (SSSR count). The Hall–Kier alpha value is -3.45. The van der Waals surface area contributed by atoms with Crippen molar-refractivity contribution in [1.29, 1.82) is 0 Å². The first kappa shape index (κ1) is 18.9. The van der Waals surface area contributed by atoms with Crippen molar-refractivity contribution in [1.82, 2.24) is 5.16 Å². The quantitative estimate of drug-likeness (QED) is 0.508. The molecule has 0 atom stereocenters. The summed E-state index contributed by atoms with van der Waals surface area (Å²) < 4.78 is 24.6. The maximum atomic E-state index is 14.0. The van der Waals surface area contributed by atoms with E-state index in [2.05, 4.69) is 10.5 Å². The van der Waals surface area contributed by atoms with Crippen molar-refractivity contribution in [2.24, 2.45) is 0 Å². The fraction of sp³-hybridized carbons (Fsp3) is 0.0952. The molecule has 0 aliphatic heterocycles. The van der Waals surface area contributed by atoms with Gasteiger partial charge in [-0.1, -0.05) is 28.9 Å². The summed E-state index contributed by atoms with van der Waals surface area (Å²) in [6.07, 6.45) is 0.498. The van der Waals surface area contributed by atoms with E-state index in [1.54, 1.807) is 30.3 Å². The molecular weight excluding hydrogens is 399 g/mol. The number of halogens is 2. The van der Waals surface area contributed by atoms with Gasteiger partial charge in [0.15, 0.2) is 10.6 Å². The van der Waals surface area contributed by atoms with Gasteiger partial charge in [-0.2, -0.15) is 0 Å². The molecule has 6 nitrogen and oxygen atoms in total. The molecule has 0 saturated carbocycles. The van der Waals surface area contributed by atoms with Gasteiger partial charge >= 0.3 is 0 Å². The molecule has 8 heteroatoms. The highest BCUT2D eigenvalue weighted by molar-refractivity contribution is 6.29. The first-order chi connectivity index (χ1) is 14.0. The Balaban J connectivity index is 1.54. The molecule has 0 bridgehead atoms. The van der Waals surface area contributed by atoms with Gasteiger partial charge < -0.3 is 14.3 Å². The van der Waals surface area contributed by atoms with Crippen molar-refractivity contribution in [3.63, 3.8) is 0 Å². The van der Waals surface area contributed by atoms with Crippen LogP contribution in [0.2, 0.25) is 5.15 Å². The van der Waals surface area contributed by atoms with Gasteiger partial charge in [-0.05, 0) is 30.3 Å². The highest BCUT2D eigenvalue weighted by Crippen LogP contribution is 2.26. The summed E-state index contributed by atoms with van der Waals surface area (Å²) in [4.78, 5) is 24.6. The number of fused-ring (bicyclic) bond motifs is 1. The van der Waals surface area contributed by atoms with Crippen LogP contribution in [0.15, 0.2) is 68.3 Å². The van der Waals surface area contributed by atoms with Crippen LogP contribution in [0.4, 0.5) is 10.1 Å². The Bertz CT molecular complexity index is 1270. The van der Waals surface area contributed by atoms with E-state index >= 15 is 0 Å². The fourth-order valence-corrected chi connectivity index (χ4v) is 3.05. The van der Waals surface area contributed by atoms with Crippen LogP contribution in [0, 0.1) is 5.82 Å². The van der Waals surface area contributed by atoms with Gasteiger partial charge in [0.05, 0.1) is 10.9 Å². The molecule has 0 saturated heterocycles. The Morgan fingerprint density at radius 3 is 2.72 bits per heavy atom. The first-order valence-corrected chi connectivity index (χ1v) is 9.11. The van der Waals surface area contributed by atoms with Gasteiger partial charge in [-0.15, -0.1) is 0 Å². The number of amides is 1. The zero-order valence-electron chi connectivity index (χ0n) is 14.9. The minimum Gasteiger partial charge on any atom is -0.456 e. The van der Waals surface area contributed by atoms with Crippen LogP contribution >= 0.6 is 11.6 Å². The molecule has 29 heavy (non-hydrogen) atoms. The zero-order valence-corrected chi connectivity index (χ0v) is 15.7. The third kappa shape index (κ3) is 4.20. The number of anilines is 1. The van der Waals surface area contributed by atoms with Crippen molar-refractivity contribution >= 4 is 34.2 Å². The normalized spacial score (nSPS) is 11.0. The molecular formula is C21H14ClFN2O4. The lowest BCUT2D eigenvalue weighted by atomic mass is 10.1. The second-order valence-electron chi connectivity index (χ2n) is 6.33. The summed E-state index contributed by atoms with van der Waals surface area (Å²) in [6, 6.07) is 13.5. The van der Waals surface area contributed by atoms with Crippen LogP contribution in [0.3, 0.4) is 0 Å². The molecule has 146 valence electrons. The van der Waals surface area contributed by atoms with E-state index in [9.17, 15) is 14.0 Å². The van der Waals surface area contributed by atoms with Crippen molar-refractivity contribution in [3.05, 3.63) is 81.6 Å². The Morgan fingerprint density at radius 1 is 1.14 bits per heavy atom. The number of benzene rings is 2. The molecule has 1 N–H and O–H groups in total. The second-order valence-corrected chi connectivity index (χ2v) is 6.72. The summed E-state index contributed by atoms with van der Waals surface area (Å²) >= 11 is 5.67. The van der Waals surface area contributed by atoms with E-state index in [1.165, 1.54) is 24.3 Å². The maximum absolute atomic E-state index is 14.0. The van der Waals surface area contributed by atoms with E-state index in [4.69, 9.17) is 20.5 Å². The fourth-order valence-electron chi connectivity index (χ4n) is 2.89. The summed E-state index contributed by atoms with van der Waals surface area (Å²) in [5.74, 6) is -0.0933. The number of nitrogens with one attached hydrogen (secondary N) is 1. The Labute approximate surface area is 168 Å². The van der Waals surface area contributed by atoms with Crippen LogP contribution < -0.4 is 10.7 Å². The SMILES string of the molecule is O=C(CCc1cc(Cl)no1)Nc1ccc2oc(-c3ccccc3F)cc(=O)c2c1. The van der Waals surface area contributed by atoms with Crippen molar-refractivity contribution in [3.8, 4) is 11.3 Å². The van der Waals surface area contributed by atoms with Crippen LogP contribution in [0.5, 0.6) is 0 Å². The maximum Gasteiger partial charge on any atom is 0.224 e. The average Bonchev–Trinajstić information content (AvgIpc) is 3.12. The second kappa shape index (κ2) is 7.89. The standard InChI is InChI=1S/C21H14ClFN2O4/c22-20-10-13(29-25-20)6-8-21(27)24-12-5-7-18-15(9-12)17(26)11-19(28-18)14-3-1-2-4-16(14)23/h1-5,7,9-11H,6,8H2,(H,24,27). The first-order valence-electron chi connectivity index (χ1n) is 8.73. The van der Waals surface area contributed by atoms with Gasteiger partial charge in [0.2, 0.25) is 5.91 Å². The number of aromatic nitrogens is 1. The zero-order chi connectivity index (χ0) is 20.4. The number of aryl methyl sites for hydroxylation is 1. The summed E-state index contributed by atoms with van der Waals surface area (Å²) in [7, 11) is 0. The molecule has 0 aliphatic rings. The number of carbonyl (C=O) groups is 1. The minimum absolute atomic E-state index is 0.142. The smallest absolute Gasteiger partial charge is 0.224 e. The summed E-state index contributed by atoms with van der Waals surface area (Å²) in [6.45, 7) is 0. The van der Waals surface area contributed by atoms with Gasteiger partial charge in [-0.25, -0.2) is 4.39 Å². The van der Waals surface area contributed by atoms with E-state index < -0.39 is 5.82 Å².